The number of rotatable bonds is 26. The second-order valence-electron chi connectivity index (χ2n) is 35.1. The van der Waals surface area contributed by atoms with Crippen molar-refractivity contribution in [2.45, 2.75) is 78.6 Å². The van der Waals surface area contributed by atoms with E-state index in [1.165, 1.54) is 82.0 Å². The zero-order chi connectivity index (χ0) is 92.5. The molecule has 21 aromatic carbocycles. The molecule has 3 atom stereocenters. The molecule has 0 heterocycles. The highest BCUT2D eigenvalue weighted by Gasteiger charge is 2.25. The van der Waals surface area contributed by atoms with E-state index in [2.05, 4.69) is 587 Å². The molecule has 6 nitrogen and oxygen atoms in total. The fourth-order valence-corrected chi connectivity index (χ4v) is 18.6. The van der Waals surface area contributed by atoms with Crippen LogP contribution in [0.2, 0.25) is 0 Å². The summed E-state index contributed by atoms with van der Waals surface area (Å²) in [5, 5.41) is 9.95. The average Bonchev–Trinajstić information content (AvgIpc) is 0.770. The Balaban J connectivity index is 0.000000131. The topological polar surface area (TPSA) is 19.4 Å². The number of para-hydroxylation sites is 7. The van der Waals surface area contributed by atoms with Crippen LogP contribution in [0.5, 0.6) is 0 Å². The molecular formula is C130H112N6. The van der Waals surface area contributed by atoms with Crippen molar-refractivity contribution in [1.82, 2.24) is 0 Å². The highest BCUT2D eigenvalue weighted by atomic mass is 15.2. The summed E-state index contributed by atoms with van der Waals surface area (Å²) in [7, 11) is 0. The van der Waals surface area contributed by atoms with Gasteiger partial charge in [0.25, 0.3) is 0 Å². The predicted octanol–water partition coefficient (Wildman–Crippen LogP) is 38.4. The zero-order valence-electron chi connectivity index (χ0n) is 78.1. The fraction of sp³-hybridized carbons (Fsp3) is 0.0923. The van der Waals surface area contributed by atoms with Crippen LogP contribution in [0.15, 0.2) is 516 Å². The SMILES string of the molecule is CCC(C)c1ccc(N(c2ccccc2)c2ccc(N(c3ccccc3)c3ccc4cc5ccccc5cc4c3)cc2)cc1.CCC(C)c1ccc(N(c2ccccc2)c2ccc(N(c3ccccc3)c3cccc4cc5ccccc5cc34)cc2)cc1.CCC(C)c1ccc(N(c2ccccc2)c2ccc(N(c3ccccc3-c3ccccc3)c3ccccc3-c3ccccc3)cc2)cc1. The molecule has 3 unspecified atom stereocenters. The van der Waals surface area contributed by atoms with Gasteiger partial charge in [-0.2, -0.15) is 0 Å². The van der Waals surface area contributed by atoms with E-state index in [1.807, 2.05) is 0 Å². The van der Waals surface area contributed by atoms with Crippen molar-refractivity contribution in [2.24, 2.45) is 0 Å². The van der Waals surface area contributed by atoms with E-state index in [4.69, 9.17) is 0 Å². The van der Waals surface area contributed by atoms with Crippen molar-refractivity contribution in [3.05, 3.63) is 532 Å². The highest BCUT2D eigenvalue weighted by Crippen LogP contribution is 2.49. The molecule has 0 N–H and O–H groups in total. The maximum Gasteiger partial charge on any atom is 0.0540 e. The smallest absolute Gasteiger partial charge is 0.0540 e. The average molecular weight is 1760 g/mol. The Morgan fingerprint density at radius 1 is 0.154 bits per heavy atom. The van der Waals surface area contributed by atoms with Crippen LogP contribution in [0.3, 0.4) is 0 Å². The van der Waals surface area contributed by atoms with E-state index in [-0.39, 0.29) is 0 Å². The van der Waals surface area contributed by atoms with Gasteiger partial charge < -0.3 is 29.4 Å². The summed E-state index contributed by atoms with van der Waals surface area (Å²) in [5.41, 5.74) is 29.1. The third-order valence-electron chi connectivity index (χ3n) is 26.5. The first-order chi connectivity index (χ1) is 67.1. The van der Waals surface area contributed by atoms with Crippen LogP contribution in [0, 0.1) is 0 Å². The van der Waals surface area contributed by atoms with Crippen molar-refractivity contribution in [1.29, 1.82) is 0 Å². The Morgan fingerprint density at radius 3 is 0.713 bits per heavy atom. The molecular weight excluding hydrogens is 1650 g/mol. The minimum Gasteiger partial charge on any atom is -0.311 e. The first kappa shape index (κ1) is 88.7. The molecule has 21 aromatic rings. The van der Waals surface area contributed by atoms with Gasteiger partial charge in [-0.25, -0.2) is 0 Å². The molecule has 0 aromatic heterocycles. The van der Waals surface area contributed by atoms with Crippen LogP contribution in [0.25, 0.3) is 65.3 Å². The van der Waals surface area contributed by atoms with Gasteiger partial charge in [-0.1, -0.05) is 333 Å². The number of fused-ring (bicyclic) bond motifs is 4. The number of anilines is 18. The lowest BCUT2D eigenvalue weighted by Gasteiger charge is -2.31. The second-order valence-corrected chi connectivity index (χ2v) is 35.1. The van der Waals surface area contributed by atoms with Crippen molar-refractivity contribution in [2.75, 3.05) is 29.4 Å². The molecule has 0 saturated carbocycles. The van der Waals surface area contributed by atoms with E-state index in [1.54, 1.807) is 0 Å². The Kier molecular flexibility index (Phi) is 27.3. The Hall–Kier alpha value is -16.5. The summed E-state index contributed by atoms with van der Waals surface area (Å²) >= 11 is 0. The number of benzene rings is 21. The number of nitrogens with zero attached hydrogens (tertiary/aromatic N) is 6. The maximum atomic E-state index is 2.40. The normalized spacial score (nSPS) is 11.8. The third-order valence-corrected chi connectivity index (χ3v) is 26.5. The van der Waals surface area contributed by atoms with Crippen molar-refractivity contribution < 1.29 is 0 Å². The zero-order valence-corrected chi connectivity index (χ0v) is 78.1. The molecule has 0 aliphatic heterocycles. The lowest BCUT2D eigenvalue weighted by Crippen LogP contribution is -2.13. The number of hydrogen-bond acceptors (Lipinski definition) is 6. The van der Waals surface area contributed by atoms with Gasteiger partial charge in [0.1, 0.15) is 0 Å². The first-order valence-corrected chi connectivity index (χ1v) is 47.9. The quantitative estimate of drug-likeness (QED) is 0.0500. The van der Waals surface area contributed by atoms with Crippen LogP contribution in [-0.2, 0) is 0 Å². The Labute approximate surface area is 802 Å². The monoisotopic (exact) mass is 1760 g/mol. The summed E-state index contributed by atoms with van der Waals surface area (Å²) in [6, 6.07) is 186. The molecule has 0 saturated heterocycles. The van der Waals surface area contributed by atoms with Crippen LogP contribution in [-0.4, -0.2) is 0 Å². The predicted molar refractivity (Wildman–Crippen MR) is 584 cm³/mol. The molecule has 0 aliphatic carbocycles. The van der Waals surface area contributed by atoms with E-state index in [0.717, 1.165) is 122 Å². The molecule has 0 fully saturated rings. The molecule has 21 rings (SSSR count). The minimum absolute atomic E-state index is 0.534. The minimum atomic E-state index is 0.534. The molecule has 6 heteroatoms. The van der Waals surface area contributed by atoms with E-state index in [0.29, 0.717) is 17.8 Å². The standard InChI is InChI=1S/C46H40N2.2C42H36N2/c1-3-35(2)36-27-29-40(30-28-36)47(39-21-11-6-12-22-39)41-31-33-42(34-32-41)48(45-25-15-13-23-43(45)37-17-7-4-8-18-37)46-26-16-14-24-44(46)38-19-9-5-10-20-38;1-3-31(2)32-21-23-38(24-22-32)43(36-16-6-4-7-17-36)39-25-27-40(28-26-39)44(37-18-8-5-9-19-37)42-20-12-15-35-29-33-13-10-11-14-34(33)30-41(35)42;1-3-31(2)32-18-21-39(22-19-32)43(37-14-6-4-7-15-37)40-24-26-41(27-25-40)44(38-16-8-5-9-17-38)42-23-20-35-28-33-12-10-11-13-34(33)29-36(35)30-42/h4-35H,3H2,1-2H3;2*4-31H,3H2,1-2H3. The van der Waals surface area contributed by atoms with Crippen LogP contribution in [0.4, 0.5) is 102 Å². The van der Waals surface area contributed by atoms with Crippen LogP contribution >= 0.6 is 0 Å². The summed E-state index contributed by atoms with van der Waals surface area (Å²) in [6.45, 7) is 13.6. The summed E-state index contributed by atoms with van der Waals surface area (Å²) in [4.78, 5) is 14.1. The summed E-state index contributed by atoms with van der Waals surface area (Å²) < 4.78 is 0. The van der Waals surface area contributed by atoms with Gasteiger partial charge >= 0.3 is 0 Å². The van der Waals surface area contributed by atoms with Gasteiger partial charge in [0.2, 0.25) is 0 Å². The molecule has 0 amide bonds. The molecule has 662 valence electrons. The van der Waals surface area contributed by atoms with Crippen molar-refractivity contribution in [3.63, 3.8) is 0 Å². The highest BCUT2D eigenvalue weighted by molar-refractivity contribution is 6.07. The lowest BCUT2D eigenvalue weighted by atomic mass is 9.98. The van der Waals surface area contributed by atoms with Gasteiger partial charge in [0.15, 0.2) is 0 Å². The van der Waals surface area contributed by atoms with Gasteiger partial charge in [0.05, 0.1) is 17.1 Å². The number of hydrogen-bond donors (Lipinski definition) is 0. The van der Waals surface area contributed by atoms with Gasteiger partial charge in [-0.15, -0.1) is 0 Å². The van der Waals surface area contributed by atoms with Gasteiger partial charge in [-0.3, -0.25) is 0 Å². The lowest BCUT2D eigenvalue weighted by molar-refractivity contribution is 0.733. The van der Waals surface area contributed by atoms with Crippen LogP contribution < -0.4 is 29.4 Å². The van der Waals surface area contributed by atoms with E-state index in [9.17, 15) is 0 Å². The molecule has 0 aliphatic rings. The molecule has 136 heavy (non-hydrogen) atoms. The first-order valence-electron chi connectivity index (χ1n) is 47.9. The van der Waals surface area contributed by atoms with Crippen molar-refractivity contribution >= 4 is 145 Å². The Morgan fingerprint density at radius 2 is 0.375 bits per heavy atom. The van der Waals surface area contributed by atoms with Crippen molar-refractivity contribution in [3.8, 4) is 22.3 Å². The third kappa shape index (κ3) is 19.7. The molecule has 0 radical (unpaired) electrons. The van der Waals surface area contributed by atoms with Crippen LogP contribution in [0.1, 0.15) is 95.2 Å². The van der Waals surface area contributed by atoms with E-state index >= 15 is 0 Å². The van der Waals surface area contributed by atoms with E-state index < -0.39 is 0 Å². The van der Waals surface area contributed by atoms with Gasteiger partial charge in [0, 0.05) is 102 Å². The Bertz CT molecular complexity index is 7380. The maximum absolute atomic E-state index is 2.40. The second kappa shape index (κ2) is 41.9. The fourth-order valence-electron chi connectivity index (χ4n) is 18.6. The van der Waals surface area contributed by atoms with Gasteiger partial charge in [-0.05, 0) is 327 Å². The summed E-state index contributed by atoms with van der Waals surface area (Å²) in [5.74, 6) is 1.63. The molecule has 0 spiro atoms. The summed E-state index contributed by atoms with van der Waals surface area (Å²) in [6.07, 6.45) is 3.39. The largest absolute Gasteiger partial charge is 0.311 e. The molecule has 0 bridgehead atoms.